The van der Waals surface area contributed by atoms with Crippen LogP contribution in [0.5, 0.6) is 0 Å². The van der Waals surface area contributed by atoms with Gasteiger partial charge in [-0.15, -0.1) is 0 Å². The minimum atomic E-state index is -0.105. The van der Waals surface area contributed by atoms with Gasteiger partial charge in [-0.2, -0.15) is 0 Å². The van der Waals surface area contributed by atoms with Crippen LogP contribution in [-0.4, -0.2) is 29.9 Å². The van der Waals surface area contributed by atoms with E-state index in [9.17, 15) is 4.79 Å². The van der Waals surface area contributed by atoms with Crippen LogP contribution in [0.1, 0.15) is 26.7 Å². The predicted octanol–water partition coefficient (Wildman–Crippen LogP) is 2.33. The van der Waals surface area contributed by atoms with E-state index in [4.69, 9.17) is 5.73 Å². The largest absolute Gasteiger partial charge is 0.399 e. The highest BCUT2D eigenvalue weighted by atomic mass is 16.2. The van der Waals surface area contributed by atoms with Gasteiger partial charge in [0.05, 0.1) is 6.04 Å². The topological polar surface area (TPSA) is 58.4 Å². The SMILES string of the molecule is CCN(CC1CC1)C(C)C(=O)Nc1cccc(N)c1. The van der Waals surface area contributed by atoms with E-state index < -0.39 is 0 Å². The number of benzene rings is 1. The fourth-order valence-electron chi connectivity index (χ4n) is 2.22. The van der Waals surface area contributed by atoms with Crippen molar-refractivity contribution in [2.24, 2.45) is 5.92 Å². The molecule has 3 N–H and O–H groups in total. The highest BCUT2D eigenvalue weighted by Crippen LogP contribution is 2.30. The molecule has 19 heavy (non-hydrogen) atoms. The van der Waals surface area contributed by atoms with Crippen molar-refractivity contribution < 1.29 is 4.79 Å². The van der Waals surface area contributed by atoms with E-state index in [-0.39, 0.29) is 11.9 Å². The molecule has 104 valence electrons. The molecule has 1 aromatic carbocycles. The van der Waals surface area contributed by atoms with Crippen LogP contribution >= 0.6 is 0 Å². The summed E-state index contributed by atoms with van der Waals surface area (Å²) in [4.78, 5) is 14.5. The van der Waals surface area contributed by atoms with Gasteiger partial charge in [-0.05, 0) is 50.4 Å². The molecule has 1 unspecified atom stereocenters. The number of anilines is 2. The molecule has 0 aromatic heterocycles. The van der Waals surface area contributed by atoms with E-state index in [2.05, 4.69) is 17.1 Å². The molecule has 0 spiro atoms. The summed E-state index contributed by atoms with van der Waals surface area (Å²) in [6.07, 6.45) is 2.61. The molecule has 4 nitrogen and oxygen atoms in total. The van der Waals surface area contributed by atoms with Crippen LogP contribution in [0.3, 0.4) is 0 Å². The highest BCUT2D eigenvalue weighted by Gasteiger charge is 2.28. The van der Waals surface area contributed by atoms with E-state index in [1.165, 1.54) is 12.8 Å². The van der Waals surface area contributed by atoms with E-state index in [0.29, 0.717) is 5.69 Å². The molecule has 1 aliphatic carbocycles. The summed E-state index contributed by atoms with van der Waals surface area (Å²) in [7, 11) is 0. The zero-order valence-electron chi connectivity index (χ0n) is 11.7. The third-order valence-corrected chi connectivity index (χ3v) is 3.68. The first kappa shape index (κ1) is 13.9. The van der Waals surface area contributed by atoms with Crippen molar-refractivity contribution in [2.75, 3.05) is 24.1 Å². The van der Waals surface area contributed by atoms with Gasteiger partial charge < -0.3 is 11.1 Å². The number of hydrogen-bond donors (Lipinski definition) is 2. The number of amides is 1. The van der Waals surface area contributed by atoms with Gasteiger partial charge in [-0.25, -0.2) is 0 Å². The number of carbonyl (C=O) groups is 1. The van der Waals surface area contributed by atoms with Gasteiger partial charge >= 0.3 is 0 Å². The first-order chi connectivity index (χ1) is 9.10. The smallest absolute Gasteiger partial charge is 0.241 e. The van der Waals surface area contributed by atoms with Gasteiger partial charge in [-0.1, -0.05) is 13.0 Å². The Morgan fingerprint density at radius 3 is 2.84 bits per heavy atom. The van der Waals surface area contributed by atoms with Gasteiger partial charge in [0.25, 0.3) is 0 Å². The molecule has 1 aliphatic rings. The van der Waals surface area contributed by atoms with E-state index in [1.807, 2.05) is 25.1 Å². The minimum absolute atomic E-state index is 0.0353. The number of nitrogen functional groups attached to an aromatic ring is 1. The molecular formula is C15H23N3O. The van der Waals surface area contributed by atoms with Crippen molar-refractivity contribution in [1.82, 2.24) is 4.90 Å². The third kappa shape index (κ3) is 3.96. The van der Waals surface area contributed by atoms with Crippen molar-refractivity contribution in [2.45, 2.75) is 32.7 Å². The highest BCUT2D eigenvalue weighted by molar-refractivity contribution is 5.94. The maximum Gasteiger partial charge on any atom is 0.241 e. The fraction of sp³-hybridized carbons (Fsp3) is 0.533. The Kier molecular flexibility index (Phi) is 4.43. The quantitative estimate of drug-likeness (QED) is 0.773. The van der Waals surface area contributed by atoms with Crippen molar-refractivity contribution in [3.8, 4) is 0 Å². The Morgan fingerprint density at radius 2 is 2.26 bits per heavy atom. The lowest BCUT2D eigenvalue weighted by molar-refractivity contribution is -0.120. The van der Waals surface area contributed by atoms with E-state index in [0.717, 1.165) is 24.7 Å². The van der Waals surface area contributed by atoms with Gasteiger partial charge in [-0.3, -0.25) is 9.69 Å². The van der Waals surface area contributed by atoms with Crippen LogP contribution in [0.25, 0.3) is 0 Å². The lowest BCUT2D eigenvalue weighted by atomic mass is 10.2. The third-order valence-electron chi connectivity index (χ3n) is 3.68. The minimum Gasteiger partial charge on any atom is -0.399 e. The second kappa shape index (κ2) is 6.06. The van der Waals surface area contributed by atoms with Gasteiger partial charge in [0.15, 0.2) is 0 Å². The molecule has 1 fully saturated rings. The fourth-order valence-corrected chi connectivity index (χ4v) is 2.22. The maximum absolute atomic E-state index is 12.2. The number of hydrogen-bond acceptors (Lipinski definition) is 3. The monoisotopic (exact) mass is 261 g/mol. The predicted molar refractivity (Wildman–Crippen MR) is 78.9 cm³/mol. The van der Waals surface area contributed by atoms with Gasteiger partial charge in [0.2, 0.25) is 5.91 Å². The maximum atomic E-state index is 12.2. The van der Waals surface area contributed by atoms with Crippen molar-refractivity contribution >= 4 is 17.3 Å². The average molecular weight is 261 g/mol. The Hall–Kier alpha value is -1.55. The van der Waals surface area contributed by atoms with E-state index >= 15 is 0 Å². The van der Waals surface area contributed by atoms with Crippen LogP contribution in [0.15, 0.2) is 24.3 Å². The van der Waals surface area contributed by atoms with Crippen LogP contribution in [-0.2, 0) is 4.79 Å². The Morgan fingerprint density at radius 1 is 1.53 bits per heavy atom. The van der Waals surface area contributed by atoms with Crippen molar-refractivity contribution in [3.63, 3.8) is 0 Å². The molecule has 1 atom stereocenters. The van der Waals surface area contributed by atoms with Gasteiger partial charge in [0.1, 0.15) is 0 Å². The molecule has 0 aliphatic heterocycles. The molecule has 1 saturated carbocycles. The molecule has 4 heteroatoms. The van der Waals surface area contributed by atoms with Crippen LogP contribution in [0, 0.1) is 5.92 Å². The number of rotatable bonds is 6. The number of nitrogens with zero attached hydrogens (tertiary/aromatic N) is 1. The first-order valence-corrected chi connectivity index (χ1v) is 7.00. The first-order valence-electron chi connectivity index (χ1n) is 7.00. The Bertz CT molecular complexity index is 443. The number of nitrogens with one attached hydrogen (secondary N) is 1. The molecule has 0 heterocycles. The van der Waals surface area contributed by atoms with Gasteiger partial charge in [0, 0.05) is 17.9 Å². The molecule has 0 saturated heterocycles. The summed E-state index contributed by atoms with van der Waals surface area (Å²) < 4.78 is 0. The average Bonchev–Trinajstić information content (AvgIpc) is 3.19. The summed E-state index contributed by atoms with van der Waals surface area (Å²) in [5, 5.41) is 2.93. The second-order valence-electron chi connectivity index (χ2n) is 5.32. The summed E-state index contributed by atoms with van der Waals surface area (Å²) in [5.74, 6) is 0.829. The van der Waals surface area contributed by atoms with Crippen LogP contribution in [0.2, 0.25) is 0 Å². The summed E-state index contributed by atoms with van der Waals surface area (Å²) in [6, 6.07) is 7.19. The zero-order valence-corrected chi connectivity index (χ0v) is 11.7. The molecule has 1 aromatic rings. The standard InChI is InChI=1S/C15H23N3O/c1-3-18(10-12-7-8-12)11(2)15(19)17-14-6-4-5-13(16)9-14/h4-6,9,11-12H,3,7-8,10,16H2,1-2H3,(H,17,19). The zero-order chi connectivity index (χ0) is 13.8. The molecule has 0 radical (unpaired) electrons. The lowest BCUT2D eigenvalue weighted by Crippen LogP contribution is -2.43. The second-order valence-corrected chi connectivity index (χ2v) is 5.32. The normalized spacial score (nSPS) is 16.4. The molecule has 2 rings (SSSR count). The number of nitrogens with two attached hydrogens (primary N) is 1. The summed E-state index contributed by atoms with van der Waals surface area (Å²) in [6.45, 7) is 6.00. The molecule has 0 bridgehead atoms. The Labute approximate surface area is 115 Å². The number of likely N-dealkylation sites (N-methyl/N-ethyl adjacent to an activating group) is 1. The summed E-state index contributed by atoms with van der Waals surface area (Å²) >= 11 is 0. The molecular weight excluding hydrogens is 238 g/mol. The number of carbonyl (C=O) groups excluding carboxylic acids is 1. The molecule has 1 amide bonds. The Balaban J connectivity index is 1.93. The summed E-state index contributed by atoms with van der Waals surface area (Å²) in [5.41, 5.74) is 7.13. The van der Waals surface area contributed by atoms with Crippen molar-refractivity contribution in [1.29, 1.82) is 0 Å². The van der Waals surface area contributed by atoms with Crippen LogP contribution in [0.4, 0.5) is 11.4 Å². The lowest BCUT2D eigenvalue weighted by Gasteiger charge is -2.26. The van der Waals surface area contributed by atoms with E-state index in [1.54, 1.807) is 6.07 Å². The van der Waals surface area contributed by atoms with Crippen molar-refractivity contribution in [3.05, 3.63) is 24.3 Å². The van der Waals surface area contributed by atoms with Crippen LogP contribution < -0.4 is 11.1 Å².